The van der Waals surface area contributed by atoms with Gasteiger partial charge in [-0.2, -0.15) is 0 Å². The van der Waals surface area contributed by atoms with E-state index in [1.807, 2.05) is 0 Å². The van der Waals surface area contributed by atoms with Crippen LogP contribution < -0.4 is 4.74 Å². The van der Waals surface area contributed by atoms with E-state index < -0.39 is 17.6 Å². The maximum Gasteiger partial charge on any atom is 0.303 e. The van der Waals surface area contributed by atoms with Crippen molar-refractivity contribution in [2.24, 2.45) is 0 Å². The van der Waals surface area contributed by atoms with Gasteiger partial charge in [0, 0.05) is 12.0 Å². The molecule has 1 aromatic carbocycles. The average molecular weight is 216 g/mol. The van der Waals surface area contributed by atoms with Gasteiger partial charge in [-0.25, -0.2) is 8.78 Å². The molecule has 1 rings (SSSR count). The number of ether oxygens (including phenoxy) is 1. The molecule has 0 aliphatic carbocycles. The number of benzene rings is 1. The van der Waals surface area contributed by atoms with Gasteiger partial charge in [0.1, 0.15) is 5.82 Å². The van der Waals surface area contributed by atoms with Gasteiger partial charge >= 0.3 is 5.97 Å². The summed E-state index contributed by atoms with van der Waals surface area (Å²) < 4.78 is 31.2. The fourth-order valence-electron chi connectivity index (χ4n) is 1.19. The van der Waals surface area contributed by atoms with Crippen LogP contribution in [-0.2, 0) is 11.2 Å². The summed E-state index contributed by atoms with van der Waals surface area (Å²) in [5.41, 5.74) is -0.253. The first-order chi connectivity index (χ1) is 7.06. The van der Waals surface area contributed by atoms with Crippen molar-refractivity contribution in [3.8, 4) is 5.75 Å². The van der Waals surface area contributed by atoms with Crippen molar-refractivity contribution >= 4 is 5.97 Å². The van der Waals surface area contributed by atoms with E-state index in [1.165, 1.54) is 7.11 Å². The molecule has 1 aromatic rings. The highest BCUT2D eigenvalue weighted by molar-refractivity contribution is 5.67. The van der Waals surface area contributed by atoms with Crippen LogP contribution in [0.4, 0.5) is 8.78 Å². The minimum atomic E-state index is -1.10. The van der Waals surface area contributed by atoms with Gasteiger partial charge in [-0.05, 0) is 18.6 Å². The Kier molecular flexibility index (Phi) is 3.60. The number of hydrogen-bond donors (Lipinski definition) is 1. The molecule has 3 nitrogen and oxygen atoms in total. The first-order valence-electron chi connectivity index (χ1n) is 4.29. The number of rotatable bonds is 4. The van der Waals surface area contributed by atoms with E-state index in [0.29, 0.717) is 0 Å². The predicted molar refractivity (Wildman–Crippen MR) is 48.9 cm³/mol. The van der Waals surface area contributed by atoms with Crippen molar-refractivity contribution < 1.29 is 23.4 Å². The molecule has 0 amide bonds. The number of carboxylic acid groups (broad SMARTS) is 1. The van der Waals surface area contributed by atoms with Crippen LogP contribution in [0.3, 0.4) is 0 Å². The number of aliphatic carboxylic acids is 1. The van der Waals surface area contributed by atoms with Crippen LogP contribution in [0.2, 0.25) is 0 Å². The molecule has 0 saturated heterocycles. The Balaban J connectivity index is 2.98. The van der Waals surface area contributed by atoms with E-state index in [4.69, 9.17) is 5.11 Å². The van der Waals surface area contributed by atoms with E-state index in [-0.39, 0.29) is 24.2 Å². The third-order valence-corrected chi connectivity index (χ3v) is 1.96. The smallest absolute Gasteiger partial charge is 0.303 e. The Hall–Kier alpha value is -1.65. The van der Waals surface area contributed by atoms with Crippen molar-refractivity contribution in [3.05, 3.63) is 29.3 Å². The summed E-state index contributed by atoms with van der Waals surface area (Å²) in [6.45, 7) is 0. The topological polar surface area (TPSA) is 46.5 Å². The Morgan fingerprint density at radius 3 is 2.67 bits per heavy atom. The van der Waals surface area contributed by atoms with E-state index in [2.05, 4.69) is 4.74 Å². The lowest BCUT2D eigenvalue weighted by Gasteiger charge is -2.07. The summed E-state index contributed by atoms with van der Waals surface area (Å²) in [6.07, 6.45) is -0.509. The lowest BCUT2D eigenvalue weighted by atomic mass is 10.1. The van der Waals surface area contributed by atoms with Crippen LogP contribution in [0.15, 0.2) is 12.1 Å². The Morgan fingerprint density at radius 1 is 1.47 bits per heavy atom. The number of hydrogen-bond acceptors (Lipinski definition) is 2. The van der Waals surface area contributed by atoms with Gasteiger partial charge in [0.25, 0.3) is 0 Å². The molecule has 0 fully saturated rings. The number of carbonyl (C=O) groups is 1. The number of halogens is 2. The van der Waals surface area contributed by atoms with Gasteiger partial charge in [-0.1, -0.05) is 0 Å². The highest BCUT2D eigenvalue weighted by Gasteiger charge is 2.14. The first-order valence-corrected chi connectivity index (χ1v) is 4.29. The van der Waals surface area contributed by atoms with Crippen LogP contribution >= 0.6 is 0 Å². The van der Waals surface area contributed by atoms with Crippen molar-refractivity contribution in [1.29, 1.82) is 0 Å². The van der Waals surface area contributed by atoms with Gasteiger partial charge in [0.15, 0.2) is 11.6 Å². The van der Waals surface area contributed by atoms with Crippen LogP contribution in [0.1, 0.15) is 12.0 Å². The molecule has 15 heavy (non-hydrogen) atoms. The van der Waals surface area contributed by atoms with Crippen LogP contribution in [0, 0.1) is 11.6 Å². The molecular formula is C10H10F2O3. The van der Waals surface area contributed by atoms with Crippen LogP contribution in [0.5, 0.6) is 5.75 Å². The second-order valence-electron chi connectivity index (χ2n) is 2.94. The minimum Gasteiger partial charge on any atom is -0.494 e. The number of carboxylic acids is 1. The summed E-state index contributed by atoms with van der Waals surface area (Å²) in [5, 5.41) is 8.41. The van der Waals surface area contributed by atoms with Gasteiger partial charge in [-0.3, -0.25) is 4.79 Å². The van der Waals surface area contributed by atoms with E-state index in [9.17, 15) is 13.6 Å². The van der Waals surface area contributed by atoms with Gasteiger partial charge < -0.3 is 9.84 Å². The molecule has 1 N–H and O–H groups in total. The fraction of sp³-hybridized carbons (Fsp3) is 0.300. The average Bonchev–Trinajstić information content (AvgIpc) is 2.17. The summed E-state index contributed by atoms with van der Waals surface area (Å²) in [4.78, 5) is 10.3. The number of methoxy groups -OCH3 is 1. The summed E-state index contributed by atoms with van der Waals surface area (Å²) >= 11 is 0. The monoisotopic (exact) mass is 216 g/mol. The minimum absolute atomic E-state index is 0.0863. The molecule has 82 valence electrons. The molecular weight excluding hydrogens is 206 g/mol. The van der Waals surface area contributed by atoms with Gasteiger partial charge in [0.2, 0.25) is 0 Å². The van der Waals surface area contributed by atoms with Crippen molar-refractivity contribution in [2.75, 3.05) is 7.11 Å². The standard InChI is InChI=1S/C10H10F2O3/c1-15-8-4-3-7(11)6(10(8)12)2-5-9(13)14/h3-4H,2,5H2,1H3,(H,13,14). The van der Waals surface area contributed by atoms with Crippen LogP contribution in [-0.4, -0.2) is 18.2 Å². The van der Waals surface area contributed by atoms with Crippen molar-refractivity contribution in [3.63, 3.8) is 0 Å². The molecule has 0 spiro atoms. The van der Waals surface area contributed by atoms with Gasteiger partial charge in [0.05, 0.1) is 7.11 Å². The fourth-order valence-corrected chi connectivity index (χ4v) is 1.19. The molecule has 0 aliphatic rings. The molecule has 0 radical (unpaired) electrons. The third kappa shape index (κ3) is 2.65. The Bertz CT molecular complexity index is 377. The maximum atomic E-state index is 13.4. The summed E-state index contributed by atoms with van der Waals surface area (Å²) in [7, 11) is 1.26. The molecule has 0 aromatic heterocycles. The summed E-state index contributed by atoms with van der Waals surface area (Å²) in [5.74, 6) is -2.78. The normalized spacial score (nSPS) is 10.1. The molecule has 0 atom stereocenters. The van der Waals surface area contributed by atoms with E-state index >= 15 is 0 Å². The Morgan fingerprint density at radius 2 is 2.13 bits per heavy atom. The Labute approximate surface area is 85.3 Å². The quantitative estimate of drug-likeness (QED) is 0.837. The zero-order valence-corrected chi connectivity index (χ0v) is 8.09. The van der Waals surface area contributed by atoms with Crippen LogP contribution in [0.25, 0.3) is 0 Å². The highest BCUT2D eigenvalue weighted by Crippen LogP contribution is 2.23. The van der Waals surface area contributed by atoms with Gasteiger partial charge in [-0.15, -0.1) is 0 Å². The third-order valence-electron chi connectivity index (χ3n) is 1.96. The largest absolute Gasteiger partial charge is 0.494 e. The molecule has 0 heterocycles. The van der Waals surface area contributed by atoms with E-state index in [1.54, 1.807) is 0 Å². The highest BCUT2D eigenvalue weighted by atomic mass is 19.1. The van der Waals surface area contributed by atoms with E-state index in [0.717, 1.165) is 12.1 Å². The van der Waals surface area contributed by atoms with Crippen molar-refractivity contribution in [2.45, 2.75) is 12.8 Å². The second-order valence-corrected chi connectivity index (χ2v) is 2.94. The molecule has 5 heteroatoms. The van der Waals surface area contributed by atoms with Crippen molar-refractivity contribution in [1.82, 2.24) is 0 Å². The first kappa shape index (κ1) is 11.4. The lowest BCUT2D eigenvalue weighted by Crippen LogP contribution is -2.03. The molecule has 0 bridgehead atoms. The molecule has 0 saturated carbocycles. The molecule has 0 unspecified atom stereocenters. The zero-order valence-electron chi connectivity index (χ0n) is 8.09. The second kappa shape index (κ2) is 4.72. The predicted octanol–water partition coefficient (Wildman–Crippen LogP) is 1.99. The maximum absolute atomic E-state index is 13.4. The lowest BCUT2D eigenvalue weighted by molar-refractivity contribution is -0.136. The zero-order chi connectivity index (χ0) is 11.4. The molecule has 0 aliphatic heterocycles. The summed E-state index contributed by atoms with van der Waals surface area (Å²) in [6, 6.07) is 2.22. The SMILES string of the molecule is COc1ccc(F)c(CCC(=O)O)c1F.